The largest absolute Gasteiger partial charge is 0.416 e. The van der Waals surface area contributed by atoms with Crippen LogP contribution in [0.15, 0.2) is 77.7 Å². The van der Waals surface area contributed by atoms with Crippen molar-refractivity contribution >= 4 is 27.9 Å². The third-order valence-corrected chi connectivity index (χ3v) is 5.59. The summed E-state index contributed by atoms with van der Waals surface area (Å²) >= 11 is 0. The summed E-state index contributed by atoms with van der Waals surface area (Å²) in [6.07, 6.45) is -1.35. The first kappa shape index (κ1) is 20.7. The highest BCUT2D eigenvalue weighted by atomic mass is 32.2. The summed E-state index contributed by atoms with van der Waals surface area (Å²) in [6, 6.07) is 18.0. The van der Waals surface area contributed by atoms with Crippen LogP contribution in [0, 0.1) is 6.92 Å². The van der Waals surface area contributed by atoms with Crippen LogP contribution in [0.2, 0.25) is 0 Å². The second-order valence-corrected chi connectivity index (χ2v) is 8.14. The average molecular weight is 417 g/mol. The molecule has 7 heteroatoms. The minimum absolute atomic E-state index is 0.125. The molecule has 0 heterocycles. The summed E-state index contributed by atoms with van der Waals surface area (Å²) in [5.74, 6) is 0. The Morgan fingerprint density at radius 3 is 2.24 bits per heavy atom. The van der Waals surface area contributed by atoms with Gasteiger partial charge in [-0.25, -0.2) is 8.42 Å². The highest BCUT2D eigenvalue weighted by Gasteiger charge is 2.30. The number of para-hydroxylation sites is 1. The summed E-state index contributed by atoms with van der Waals surface area (Å²) in [4.78, 5) is 0.125. The Labute approximate surface area is 167 Å². The molecule has 0 atom stereocenters. The Hall–Kier alpha value is -3.06. The number of hydrogen-bond donors (Lipinski definition) is 1. The lowest BCUT2D eigenvalue weighted by molar-refractivity contribution is -0.137. The quantitative estimate of drug-likeness (QED) is 0.519. The number of aryl methyl sites for hydroxylation is 1. The van der Waals surface area contributed by atoms with Crippen LogP contribution in [-0.2, 0) is 16.2 Å². The summed E-state index contributed by atoms with van der Waals surface area (Å²) < 4.78 is 66.4. The molecule has 3 aromatic rings. The SMILES string of the molecule is Cc1ccc(S(=O)(=O)Nc2ccccc2/C=C/c2cccc(C(F)(F)F)c2)cc1. The second-order valence-electron chi connectivity index (χ2n) is 6.46. The first-order chi connectivity index (χ1) is 13.6. The van der Waals surface area contributed by atoms with Gasteiger partial charge in [0.15, 0.2) is 0 Å². The average Bonchev–Trinajstić information content (AvgIpc) is 2.67. The Morgan fingerprint density at radius 2 is 1.55 bits per heavy atom. The Balaban J connectivity index is 1.88. The summed E-state index contributed by atoms with van der Waals surface area (Å²) in [7, 11) is -3.79. The van der Waals surface area contributed by atoms with Gasteiger partial charge in [-0.3, -0.25) is 4.72 Å². The fourth-order valence-electron chi connectivity index (χ4n) is 2.66. The van der Waals surface area contributed by atoms with Gasteiger partial charge in [-0.15, -0.1) is 0 Å². The van der Waals surface area contributed by atoms with E-state index >= 15 is 0 Å². The predicted octanol–water partition coefficient (Wildman–Crippen LogP) is 5.99. The summed E-state index contributed by atoms with van der Waals surface area (Å²) in [5.41, 5.74) is 1.41. The molecule has 0 unspecified atom stereocenters. The molecule has 0 amide bonds. The molecular formula is C22H18F3NO2S. The maximum atomic E-state index is 12.9. The normalized spacial score (nSPS) is 12.3. The molecule has 3 nitrogen and oxygen atoms in total. The van der Waals surface area contributed by atoms with Gasteiger partial charge < -0.3 is 0 Å². The van der Waals surface area contributed by atoms with E-state index in [9.17, 15) is 21.6 Å². The van der Waals surface area contributed by atoms with Crippen molar-refractivity contribution in [3.8, 4) is 0 Å². The van der Waals surface area contributed by atoms with Gasteiger partial charge in [-0.2, -0.15) is 13.2 Å². The lowest BCUT2D eigenvalue weighted by atomic mass is 10.1. The van der Waals surface area contributed by atoms with E-state index in [1.54, 1.807) is 48.5 Å². The minimum Gasteiger partial charge on any atom is -0.279 e. The maximum Gasteiger partial charge on any atom is 0.416 e. The second kappa shape index (κ2) is 8.13. The fourth-order valence-corrected chi connectivity index (χ4v) is 3.75. The fraction of sp³-hybridized carbons (Fsp3) is 0.0909. The van der Waals surface area contributed by atoms with Gasteiger partial charge in [0.25, 0.3) is 10.0 Å². The molecule has 0 aromatic heterocycles. The number of hydrogen-bond acceptors (Lipinski definition) is 2. The van der Waals surface area contributed by atoms with Crippen molar-refractivity contribution < 1.29 is 21.6 Å². The van der Waals surface area contributed by atoms with E-state index in [0.29, 0.717) is 16.8 Å². The number of benzene rings is 3. The topological polar surface area (TPSA) is 46.2 Å². The van der Waals surface area contributed by atoms with E-state index in [0.717, 1.165) is 17.7 Å². The molecule has 0 radical (unpaired) electrons. The van der Waals surface area contributed by atoms with Crippen molar-refractivity contribution in [1.29, 1.82) is 0 Å². The van der Waals surface area contributed by atoms with E-state index < -0.39 is 21.8 Å². The molecular weight excluding hydrogens is 399 g/mol. The number of nitrogens with one attached hydrogen (secondary N) is 1. The Morgan fingerprint density at radius 1 is 0.862 bits per heavy atom. The highest BCUT2D eigenvalue weighted by Crippen LogP contribution is 2.30. The first-order valence-corrected chi connectivity index (χ1v) is 10.2. The highest BCUT2D eigenvalue weighted by molar-refractivity contribution is 7.92. The molecule has 0 fully saturated rings. The van der Waals surface area contributed by atoms with Gasteiger partial charge in [0, 0.05) is 0 Å². The maximum absolute atomic E-state index is 12.9. The van der Waals surface area contributed by atoms with Gasteiger partial charge in [0.2, 0.25) is 0 Å². The van der Waals surface area contributed by atoms with E-state index in [2.05, 4.69) is 4.72 Å². The third-order valence-electron chi connectivity index (χ3n) is 4.21. The van der Waals surface area contributed by atoms with Crippen LogP contribution in [0.4, 0.5) is 18.9 Å². The van der Waals surface area contributed by atoms with E-state index in [-0.39, 0.29) is 4.90 Å². The zero-order valence-electron chi connectivity index (χ0n) is 15.4. The summed E-state index contributed by atoms with van der Waals surface area (Å²) in [5, 5.41) is 0. The number of anilines is 1. The summed E-state index contributed by atoms with van der Waals surface area (Å²) in [6.45, 7) is 1.86. The number of rotatable bonds is 5. The van der Waals surface area contributed by atoms with Gasteiger partial charge >= 0.3 is 6.18 Å². The molecule has 3 aromatic carbocycles. The van der Waals surface area contributed by atoms with Gasteiger partial charge in [-0.05, 0) is 48.4 Å². The number of halogens is 3. The van der Waals surface area contributed by atoms with Crippen molar-refractivity contribution in [3.05, 3.63) is 95.1 Å². The Kier molecular flexibility index (Phi) is 5.79. The smallest absolute Gasteiger partial charge is 0.279 e. The molecule has 3 rings (SSSR count). The van der Waals surface area contributed by atoms with Crippen LogP contribution in [0.25, 0.3) is 12.2 Å². The lowest BCUT2D eigenvalue weighted by Gasteiger charge is -2.11. The lowest BCUT2D eigenvalue weighted by Crippen LogP contribution is -2.13. The van der Waals surface area contributed by atoms with Crippen LogP contribution in [0.1, 0.15) is 22.3 Å². The van der Waals surface area contributed by atoms with Crippen molar-refractivity contribution in [3.63, 3.8) is 0 Å². The van der Waals surface area contributed by atoms with Crippen molar-refractivity contribution in [2.45, 2.75) is 18.0 Å². The first-order valence-electron chi connectivity index (χ1n) is 8.69. The molecule has 29 heavy (non-hydrogen) atoms. The molecule has 0 bridgehead atoms. The van der Waals surface area contributed by atoms with Crippen molar-refractivity contribution in [2.24, 2.45) is 0 Å². The third kappa shape index (κ3) is 5.26. The number of alkyl halides is 3. The molecule has 150 valence electrons. The van der Waals surface area contributed by atoms with Gasteiger partial charge in [0.1, 0.15) is 0 Å². The predicted molar refractivity (Wildman–Crippen MR) is 109 cm³/mol. The zero-order chi connectivity index (χ0) is 21.1. The van der Waals surface area contributed by atoms with Crippen LogP contribution < -0.4 is 4.72 Å². The standard InChI is InChI=1S/C22H18F3NO2S/c1-16-9-13-20(14-10-16)29(27,28)26-21-8-3-2-6-18(21)12-11-17-5-4-7-19(15-17)22(23,24)25/h2-15,26H,1H3/b12-11+. The molecule has 0 saturated carbocycles. The molecule has 0 aliphatic rings. The Bertz CT molecular complexity index is 1140. The van der Waals surface area contributed by atoms with Crippen molar-refractivity contribution in [2.75, 3.05) is 4.72 Å². The van der Waals surface area contributed by atoms with E-state index in [1.165, 1.54) is 24.3 Å². The molecule has 0 spiro atoms. The van der Waals surface area contributed by atoms with Crippen LogP contribution in [0.3, 0.4) is 0 Å². The molecule has 0 aliphatic heterocycles. The van der Waals surface area contributed by atoms with Crippen molar-refractivity contribution in [1.82, 2.24) is 0 Å². The van der Waals surface area contributed by atoms with E-state index in [4.69, 9.17) is 0 Å². The molecule has 0 saturated heterocycles. The zero-order valence-corrected chi connectivity index (χ0v) is 16.3. The van der Waals surface area contributed by atoms with E-state index in [1.807, 2.05) is 6.92 Å². The minimum atomic E-state index is -4.43. The van der Waals surface area contributed by atoms with Crippen LogP contribution in [0.5, 0.6) is 0 Å². The molecule has 0 aliphatic carbocycles. The number of sulfonamides is 1. The van der Waals surface area contributed by atoms with Crippen LogP contribution >= 0.6 is 0 Å². The van der Waals surface area contributed by atoms with Gasteiger partial charge in [-0.1, -0.05) is 60.2 Å². The van der Waals surface area contributed by atoms with Crippen LogP contribution in [-0.4, -0.2) is 8.42 Å². The van der Waals surface area contributed by atoms with Gasteiger partial charge in [0.05, 0.1) is 16.1 Å². The monoisotopic (exact) mass is 417 g/mol. The molecule has 1 N–H and O–H groups in total.